The third kappa shape index (κ3) is 4.76. The number of nitrogens with one attached hydrogen (secondary N) is 2. The van der Waals surface area contributed by atoms with Crippen LogP contribution in [0, 0.1) is 0 Å². The van der Waals surface area contributed by atoms with Gasteiger partial charge < -0.3 is 4.74 Å². The van der Waals surface area contributed by atoms with E-state index in [0.717, 1.165) is 9.96 Å². The van der Waals surface area contributed by atoms with Crippen molar-refractivity contribution in [3.05, 3.63) is 35.1 Å². The number of fused-ring (bicyclic) bond motifs is 1. The zero-order chi connectivity index (χ0) is 23.7. The molecule has 0 radical (unpaired) electrons. The Hall–Kier alpha value is -2.97. The zero-order valence-corrected chi connectivity index (χ0v) is 19.5. The van der Waals surface area contributed by atoms with Gasteiger partial charge in [0.2, 0.25) is 11.8 Å². The first kappa shape index (κ1) is 23.7. The highest BCUT2D eigenvalue weighted by Crippen LogP contribution is 2.24. The molecule has 0 aromatic carbocycles. The number of imidazole rings is 1. The van der Waals surface area contributed by atoms with Crippen LogP contribution in [0.1, 0.15) is 19.4 Å². The number of methoxy groups -OCH3 is 1. The first-order valence-corrected chi connectivity index (χ1v) is 12.7. The van der Waals surface area contributed by atoms with Crippen LogP contribution >= 0.6 is 11.6 Å². The number of aryl methyl sites for hydroxylation is 1. The van der Waals surface area contributed by atoms with Crippen LogP contribution in [0.2, 0.25) is 5.15 Å². The molecule has 2 amide bonds. The summed E-state index contributed by atoms with van der Waals surface area (Å²) in [5.74, 6) is -0.675. The second kappa shape index (κ2) is 8.88. The van der Waals surface area contributed by atoms with E-state index in [1.807, 2.05) is 6.92 Å². The molecule has 0 bridgehead atoms. The van der Waals surface area contributed by atoms with Crippen LogP contribution in [0.3, 0.4) is 0 Å². The number of sulfone groups is 1. The summed E-state index contributed by atoms with van der Waals surface area (Å²) in [5.41, 5.74) is 0.827. The molecule has 0 unspecified atom stereocenters. The fourth-order valence-corrected chi connectivity index (χ4v) is 5.52. The smallest absolute Gasteiger partial charge is 0.335 e. The number of urea groups is 1. The molecule has 0 aliphatic heterocycles. The van der Waals surface area contributed by atoms with E-state index in [1.54, 1.807) is 10.8 Å². The molecule has 0 spiro atoms. The molecule has 3 aromatic rings. The van der Waals surface area contributed by atoms with Crippen LogP contribution in [0.25, 0.3) is 5.65 Å². The van der Waals surface area contributed by atoms with Crippen LogP contribution in [-0.2, 0) is 26.3 Å². The van der Waals surface area contributed by atoms with Crippen molar-refractivity contribution in [3.8, 4) is 5.88 Å². The number of halogens is 1. The van der Waals surface area contributed by atoms with Crippen LogP contribution in [0.5, 0.6) is 5.88 Å². The van der Waals surface area contributed by atoms with Crippen molar-refractivity contribution in [1.82, 2.24) is 24.1 Å². The maximum Gasteiger partial charge on any atom is 0.335 e. The van der Waals surface area contributed by atoms with E-state index in [4.69, 9.17) is 16.3 Å². The molecule has 0 aliphatic rings. The van der Waals surface area contributed by atoms with Gasteiger partial charge in [-0.15, -0.1) is 0 Å². The quantitative estimate of drug-likeness (QED) is 0.457. The number of pyridine rings is 1. The van der Waals surface area contributed by atoms with E-state index in [2.05, 4.69) is 20.3 Å². The second-order valence-electron chi connectivity index (χ2n) is 6.36. The number of nitrogens with zero attached hydrogens (tertiary/aromatic N) is 4. The molecule has 15 heteroatoms. The van der Waals surface area contributed by atoms with Gasteiger partial charge in [-0.2, -0.15) is 13.4 Å². The van der Waals surface area contributed by atoms with Gasteiger partial charge in [-0.3, -0.25) is 9.72 Å². The number of carbonyl (C=O) groups excluding carboxylic acids is 1. The number of aromatic nitrogens is 4. The topological polar surface area (TPSA) is 162 Å². The predicted molar refractivity (Wildman–Crippen MR) is 115 cm³/mol. The van der Waals surface area contributed by atoms with Crippen LogP contribution < -0.4 is 14.8 Å². The third-order valence-corrected chi connectivity index (χ3v) is 7.59. The molecule has 2 N–H and O–H groups in total. The van der Waals surface area contributed by atoms with Crippen molar-refractivity contribution in [2.45, 2.75) is 30.3 Å². The molecule has 3 rings (SSSR count). The summed E-state index contributed by atoms with van der Waals surface area (Å²) >= 11 is 5.81. The minimum Gasteiger partial charge on any atom is -0.481 e. The van der Waals surface area contributed by atoms with Gasteiger partial charge >= 0.3 is 6.03 Å². The lowest BCUT2D eigenvalue weighted by Crippen LogP contribution is -2.36. The molecular formula is C17H19ClN6O6S2. The van der Waals surface area contributed by atoms with Gasteiger partial charge in [0.15, 0.2) is 19.9 Å². The minimum absolute atomic E-state index is 0.0355. The zero-order valence-electron chi connectivity index (χ0n) is 17.2. The Morgan fingerprint density at radius 3 is 2.50 bits per heavy atom. The summed E-state index contributed by atoms with van der Waals surface area (Å²) in [6.45, 7) is 3.21. The Balaban J connectivity index is 2.05. The Bertz CT molecular complexity index is 1400. The van der Waals surface area contributed by atoms with Crippen molar-refractivity contribution < 1.29 is 26.4 Å². The number of amides is 2. The van der Waals surface area contributed by atoms with E-state index in [1.165, 1.54) is 32.4 Å². The lowest BCUT2D eigenvalue weighted by atomic mass is 10.2. The number of sulfonamides is 1. The van der Waals surface area contributed by atoms with Crippen molar-refractivity contribution in [1.29, 1.82) is 0 Å². The fraction of sp³-hybridized carbons (Fsp3) is 0.294. The molecule has 3 heterocycles. The molecule has 32 heavy (non-hydrogen) atoms. The first-order valence-electron chi connectivity index (χ1n) is 9.16. The van der Waals surface area contributed by atoms with Crippen LogP contribution in [-0.4, -0.2) is 55.1 Å². The Labute approximate surface area is 189 Å². The van der Waals surface area contributed by atoms with Gasteiger partial charge in [-0.1, -0.05) is 31.5 Å². The highest BCUT2D eigenvalue weighted by Gasteiger charge is 2.33. The van der Waals surface area contributed by atoms with Crippen molar-refractivity contribution in [2.24, 2.45) is 0 Å². The van der Waals surface area contributed by atoms with Crippen LogP contribution in [0.15, 0.2) is 34.4 Å². The van der Waals surface area contributed by atoms with Gasteiger partial charge in [-0.25, -0.2) is 27.9 Å². The summed E-state index contributed by atoms with van der Waals surface area (Å²) in [4.78, 5) is 23.9. The lowest BCUT2D eigenvalue weighted by molar-refractivity contribution is 0.256. The first-order chi connectivity index (χ1) is 15.0. The van der Waals surface area contributed by atoms with E-state index in [-0.39, 0.29) is 28.4 Å². The molecule has 0 saturated carbocycles. The highest BCUT2D eigenvalue weighted by molar-refractivity contribution is 7.93. The van der Waals surface area contributed by atoms with Gasteiger partial charge in [0.05, 0.1) is 12.9 Å². The lowest BCUT2D eigenvalue weighted by Gasteiger charge is -2.10. The molecular weight excluding hydrogens is 484 g/mol. The maximum absolute atomic E-state index is 13.1. The highest BCUT2D eigenvalue weighted by atomic mass is 35.5. The summed E-state index contributed by atoms with van der Waals surface area (Å²) < 4.78 is 59.1. The van der Waals surface area contributed by atoms with Crippen molar-refractivity contribution in [3.63, 3.8) is 0 Å². The summed E-state index contributed by atoms with van der Waals surface area (Å²) in [6.07, 6.45) is 2.01. The third-order valence-electron chi connectivity index (χ3n) is 4.28. The van der Waals surface area contributed by atoms with Gasteiger partial charge in [0, 0.05) is 12.3 Å². The number of hydrogen-bond donors (Lipinski definition) is 2. The summed E-state index contributed by atoms with van der Waals surface area (Å²) in [7, 11) is -7.42. The maximum atomic E-state index is 13.1. The average molecular weight is 503 g/mol. The predicted octanol–water partition coefficient (Wildman–Crippen LogP) is 1.65. The van der Waals surface area contributed by atoms with Crippen molar-refractivity contribution >= 4 is 49.1 Å². The SMILES string of the molecule is CCc1ccc2nc(S(=O)(=O)CC)c(S(=O)(=O)NC(=O)Nc3nc(Cl)cc(OC)n3)n2c1. The Kier molecular flexibility index (Phi) is 6.57. The Morgan fingerprint density at radius 2 is 1.88 bits per heavy atom. The van der Waals surface area contributed by atoms with Gasteiger partial charge in [0.1, 0.15) is 10.8 Å². The van der Waals surface area contributed by atoms with E-state index < -0.39 is 35.9 Å². The van der Waals surface area contributed by atoms with E-state index in [9.17, 15) is 21.6 Å². The number of hydrogen-bond acceptors (Lipinski definition) is 9. The molecule has 3 aromatic heterocycles. The number of ether oxygens (including phenoxy) is 1. The summed E-state index contributed by atoms with van der Waals surface area (Å²) in [5, 5.41) is 0.733. The molecule has 0 atom stereocenters. The number of carbonyl (C=O) groups is 1. The molecule has 172 valence electrons. The van der Waals surface area contributed by atoms with Crippen LogP contribution in [0.4, 0.5) is 10.7 Å². The second-order valence-corrected chi connectivity index (χ2v) is 10.5. The van der Waals surface area contributed by atoms with Crippen molar-refractivity contribution in [2.75, 3.05) is 18.2 Å². The molecule has 0 aliphatic carbocycles. The van der Waals surface area contributed by atoms with E-state index >= 15 is 0 Å². The summed E-state index contributed by atoms with van der Waals surface area (Å²) in [6, 6.07) is 3.24. The van der Waals surface area contributed by atoms with Gasteiger partial charge in [0.25, 0.3) is 10.0 Å². The standard InChI is InChI=1S/C17H19ClN6O6S2/c1-4-10-6-7-12-20-14(31(26,27)5-2)15(24(12)9-10)32(28,29)23-17(25)22-16-19-11(18)8-13(21-16)30-3/h6-9H,4-5H2,1-3H3,(H2,19,21,22,23,25). The monoisotopic (exact) mass is 502 g/mol. The fourth-order valence-electron chi connectivity index (χ4n) is 2.69. The normalized spacial score (nSPS) is 12.0. The Morgan fingerprint density at radius 1 is 1.16 bits per heavy atom. The average Bonchev–Trinajstić information content (AvgIpc) is 3.13. The number of anilines is 1. The van der Waals surface area contributed by atoms with Gasteiger partial charge in [-0.05, 0) is 18.1 Å². The molecule has 0 saturated heterocycles. The van der Waals surface area contributed by atoms with E-state index in [0.29, 0.717) is 6.42 Å². The molecule has 0 fully saturated rings. The minimum atomic E-state index is -4.70. The molecule has 12 nitrogen and oxygen atoms in total. The largest absolute Gasteiger partial charge is 0.481 e. The number of rotatable bonds is 7.